The fourth-order valence-corrected chi connectivity index (χ4v) is 1.79. The predicted octanol–water partition coefficient (Wildman–Crippen LogP) is 2.88. The molecule has 20 heavy (non-hydrogen) atoms. The van der Waals surface area contributed by atoms with Gasteiger partial charge in [-0.15, -0.1) is 0 Å². The van der Waals surface area contributed by atoms with E-state index in [-0.39, 0.29) is 0 Å². The third-order valence-corrected chi connectivity index (χ3v) is 2.88. The van der Waals surface area contributed by atoms with Crippen LogP contribution in [0.15, 0.2) is 18.2 Å². The Kier molecular flexibility index (Phi) is 8.62. The Morgan fingerprint density at radius 3 is 2.60 bits per heavy atom. The Bertz CT molecular complexity index is 385. The summed E-state index contributed by atoms with van der Waals surface area (Å²) in [6.45, 7) is 7.19. The second-order valence-corrected chi connectivity index (χ2v) is 5.18. The number of rotatable bonds is 10. The number of hydrogen-bond acceptors (Lipinski definition) is 4. The number of ether oxygens (including phenoxy) is 3. The van der Waals surface area contributed by atoms with Crippen LogP contribution in [0.3, 0.4) is 0 Å². The zero-order chi connectivity index (χ0) is 14.8. The van der Waals surface area contributed by atoms with Crippen molar-refractivity contribution in [2.75, 3.05) is 33.5 Å². The zero-order valence-electron chi connectivity index (χ0n) is 12.4. The summed E-state index contributed by atoms with van der Waals surface area (Å²) in [6.07, 6.45) is 0. The summed E-state index contributed by atoms with van der Waals surface area (Å²) in [5.74, 6) is 0.845. The Labute approximate surface area is 126 Å². The van der Waals surface area contributed by atoms with Crippen molar-refractivity contribution in [3.63, 3.8) is 0 Å². The molecule has 0 unspecified atom stereocenters. The Morgan fingerprint density at radius 2 is 1.90 bits per heavy atom. The van der Waals surface area contributed by atoms with Crippen molar-refractivity contribution in [1.29, 1.82) is 0 Å². The van der Waals surface area contributed by atoms with Crippen LogP contribution in [0.4, 0.5) is 0 Å². The van der Waals surface area contributed by atoms with Crippen molar-refractivity contribution in [3.8, 4) is 5.75 Å². The third-order valence-electron chi connectivity index (χ3n) is 2.64. The van der Waals surface area contributed by atoms with Gasteiger partial charge in [0, 0.05) is 30.3 Å². The summed E-state index contributed by atoms with van der Waals surface area (Å²) in [5.41, 5.74) is 1.06. The van der Waals surface area contributed by atoms with Crippen LogP contribution in [-0.2, 0) is 16.0 Å². The van der Waals surface area contributed by atoms with Crippen LogP contribution in [0.1, 0.15) is 19.4 Å². The quantitative estimate of drug-likeness (QED) is 0.675. The van der Waals surface area contributed by atoms with Gasteiger partial charge in [-0.3, -0.25) is 0 Å². The van der Waals surface area contributed by atoms with E-state index in [2.05, 4.69) is 19.2 Å². The minimum Gasteiger partial charge on any atom is -0.491 e. The zero-order valence-corrected chi connectivity index (χ0v) is 13.2. The van der Waals surface area contributed by atoms with Gasteiger partial charge in [0.05, 0.1) is 19.8 Å². The average molecular weight is 302 g/mol. The average Bonchev–Trinajstić information content (AvgIpc) is 2.42. The van der Waals surface area contributed by atoms with E-state index in [0.717, 1.165) is 17.9 Å². The van der Waals surface area contributed by atoms with Crippen molar-refractivity contribution in [1.82, 2.24) is 5.32 Å². The lowest BCUT2D eigenvalue weighted by molar-refractivity contribution is 0.0542. The molecule has 0 atom stereocenters. The maximum atomic E-state index is 6.03. The van der Waals surface area contributed by atoms with Gasteiger partial charge in [-0.2, -0.15) is 0 Å². The smallest absolute Gasteiger partial charge is 0.124 e. The molecule has 0 amide bonds. The minimum atomic E-state index is 0.416. The normalized spacial score (nSPS) is 11.1. The van der Waals surface area contributed by atoms with Gasteiger partial charge in [0.25, 0.3) is 0 Å². The number of methoxy groups -OCH3 is 1. The third kappa shape index (κ3) is 7.10. The Morgan fingerprint density at radius 1 is 1.15 bits per heavy atom. The molecule has 5 heteroatoms. The summed E-state index contributed by atoms with van der Waals surface area (Å²) >= 11 is 6.03. The Balaban J connectivity index is 2.43. The molecule has 0 saturated heterocycles. The van der Waals surface area contributed by atoms with E-state index >= 15 is 0 Å². The highest BCUT2D eigenvalue weighted by Crippen LogP contribution is 2.23. The van der Waals surface area contributed by atoms with Gasteiger partial charge in [0.2, 0.25) is 0 Å². The molecular formula is C15H24ClNO3. The molecule has 0 aliphatic heterocycles. The molecule has 1 aromatic carbocycles. The maximum Gasteiger partial charge on any atom is 0.124 e. The first-order chi connectivity index (χ1) is 9.63. The first-order valence-corrected chi connectivity index (χ1v) is 7.22. The van der Waals surface area contributed by atoms with Crippen molar-refractivity contribution in [3.05, 3.63) is 28.8 Å². The van der Waals surface area contributed by atoms with E-state index < -0.39 is 0 Å². The first kappa shape index (κ1) is 17.2. The SMILES string of the molecule is COCCOCCOc1ccc(Cl)cc1CNC(C)C. The highest BCUT2D eigenvalue weighted by molar-refractivity contribution is 6.30. The molecule has 0 radical (unpaired) electrons. The molecule has 0 spiro atoms. The van der Waals surface area contributed by atoms with Crippen molar-refractivity contribution >= 4 is 11.6 Å². The molecule has 1 rings (SSSR count). The molecule has 4 nitrogen and oxygen atoms in total. The number of benzene rings is 1. The molecule has 0 fully saturated rings. The fraction of sp³-hybridized carbons (Fsp3) is 0.600. The molecule has 0 bridgehead atoms. The van der Waals surface area contributed by atoms with Gasteiger partial charge in [0.15, 0.2) is 0 Å². The van der Waals surface area contributed by atoms with Crippen molar-refractivity contribution in [2.24, 2.45) is 0 Å². The standard InChI is InChI=1S/C15H24ClNO3/c1-12(2)17-11-13-10-14(16)4-5-15(13)20-9-8-19-7-6-18-3/h4-5,10,12,17H,6-9,11H2,1-3H3. The number of hydrogen-bond donors (Lipinski definition) is 1. The summed E-state index contributed by atoms with van der Waals surface area (Å²) in [7, 11) is 1.65. The van der Waals surface area contributed by atoms with Gasteiger partial charge >= 0.3 is 0 Å². The highest BCUT2D eigenvalue weighted by atomic mass is 35.5. The van der Waals surface area contributed by atoms with Crippen LogP contribution < -0.4 is 10.1 Å². The van der Waals surface area contributed by atoms with E-state index in [0.29, 0.717) is 37.5 Å². The monoisotopic (exact) mass is 301 g/mol. The lowest BCUT2D eigenvalue weighted by Crippen LogP contribution is -2.22. The molecule has 0 saturated carbocycles. The van der Waals surface area contributed by atoms with Crippen LogP contribution in [0.25, 0.3) is 0 Å². The summed E-state index contributed by atoms with van der Waals surface area (Å²) in [4.78, 5) is 0. The number of nitrogens with one attached hydrogen (secondary N) is 1. The molecule has 0 aromatic heterocycles. The summed E-state index contributed by atoms with van der Waals surface area (Å²) in [6, 6.07) is 6.08. The van der Waals surface area contributed by atoms with Gasteiger partial charge in [-0.25, -0.2) is 0 Å². The minimum absolute atomic E-state index is 0.416. The molecular weight excluding hydrogens is 278 g/mol. The maximum absolute atomic E-state index is 6.03. The summed E-state index contributed by atoms with van der Waals surface area (Å²) < 4.78 is 16.0. The van der Waals surface area contributed by atoms with Crippen LogP contribution >= 0.6 is 11.6 Å². The second-order valence-electron chi connectivity index (χ2n) is 4.74. The molecule has 0 aliphatic carbocycles. The topological polar surface area (TPSA) is 39.7 Å². The molecule has 114 valence electrons. The number of halogens is 1. The predicted molar refractivity (Wildman–Crippen MR) is 81.6 cm³/mol. The Hall–Kier alpha value is -0.810. The largest absolute Gasteiger partial charge is 0.491 e. The van der Waals surface area contributed by atoms with Crippen LogP contribution in [0.2, 0.25) is 5.02 Å². The van der Waals surface area contributed by atoms with Gasteiger partial charge in [0.1, 0.15) is 12.4 Å². The van der Waals surface area contributed by atoms with Gasteiger partial charge in [-0.1, -0.05) is 25.4 Å². The second kappa shape index (κ2) is 10.00. The lowest BCUT2D eigenvalue weighted by Gasteiger charge is -2.14. The molecule has 1 aromatic rings. The fourth-order valence-electron chi connectivity index (χ4n) is 1.60. The van der Waals surface area contributed by atoms with Crippen LogP contribution in [-0.4, -0.2) is 39.6 Å². The first-order valence-electron chi connectivity index (χ1n) is 6.84. The summed E-state index contributed by atoms with van der Waals surface area (Å²) in [5, 5.41) is 4.08. The van der Waals surface area contributed by atoms with Crippen LogP contribution in [0.5, 0.6) is 5.75 Å². The van der Waals surface area contributed by atoms with Crippen molar-refractivity contribution < 1.29 is 14.2 Å². The van der Waals surface area contributed by atoms with Gasteiger partial charge in [-0.05, 0) is 18.2 Å². The van der Waals surface area contributed by atoms with E-state index in [9.17, 15) is 0 Å². The highest BCUT2D eigenvalue weighted by Gasteiger charge is 2.05. The van der Waals surface area contributed by atoms with Crippen LogP contribution in [0, 0.1) is 0 Å². The van der Waals surface area contributed by atoms with Gasteiger partial charge < -0.3 is 19.5 Å². The molecule has 0 aliphatic rings. The van der Waals surface area contributed by atoms with Crippen molar-refractivity contribution in [2.45, 2.75) is 26.4 Å². The van der Waals surface area contributed by atoms with E-state index in [1.165, 1.54) is 0 Å². The molecule has 0 heterocycles. The lowest BCUT2D eigenvalue weighted by atomic mass is 10.2. The van der Waals surface area contributed by atoms with E-state index in [1.54, 1.807) is 7.11 Å². The van der Waals surface area contributed by atoms with E-state index in [4.69, 9.17) is 25.8 Å². The molecule has 1 N–H and O–H groups in total. The van der Waals surface area contributed by atoms with E-state index in [1.807, 2.05) is 18.2 Å².